The van der Waals surface area contributed by atoms with Gasteiger partial charge in [-0.15, -0.1) is 0 Å². The van der Waals surface area contributed by atoms with Crippen LogP contribution in [0, 0.1) is 0 Å². The zero-order valence-corrected chi connectivity index (χ0v) is 17.5. The molecule has 0 saturated carbocycles. The van der Waals surface area contributed by atoms with Gasteiger partial charge >= 0.3 is 6.03 Å². The summed E-state index contributed by atoms with van der Waals surface area (Å²) in [6.45, 7) is 3.66. The van der Waals surface area contributed by atoms with Gasteiger partial charge in [-0.05, 0) is 35.9 Å². The summed E-state index contributed by atoms with van der Waals surface area (Å²) in [5, 5.41) is 7.65. The Balaban J connectivity index is 1.15. The molecule has 1 saturated heterocycles. The number of hydrogen-bond acceptors (Lipinski definition) is 6. The SMILES string of the molecule is O=C(Nc1noc2ccccc12)N1CCN(Cc2cccc(Oc3ccccn3)c2)CC1. The summed E-state index contributed by atoms with van der Waals surface area (Å²) in [6, 6.07) is 20.9. The van der Waals surface area contributed by atoms with E-state index in [4.69, 9.17) is 9.26 Å². The van der Waals surface area contributed by atoms with Crippen molar-refractivity contribution in [1.29, 1.82) is 0 Å². The van der Waals surface area contributed by atoms with Crippen molar-refractivity contribution in [2.45, 2.75) is 6.54 Å². The zero-order chi connectivity index (χ0) is 21.8. The normalized spacial score (nSPS) is 14.4. The van der Waals surface area contributed by atoms with Crippen LogP contribution in [0.5, 0.6) is 11.6 Å². The molecule has 2 aromatic carbocycles. The Hall–Kier alpha value is -3.91. The van der Waals surface area contributed by atoms with Gasteiger partial charge in [-0.1, -0.05) is 35.5 Å². The van der Waals surface area contributed by atoms with Crippen LogP contribution in [-0.4, -0.2) is 52.2 Å². The molecule has 0 atom stereocenters. The molecule has 0 aliphatic carbocycles. The number of para-hydroxylation sites is 1. The van der Waals surface area contributed by atoms with Crippen LogP contribution in [-0.2, 0) is 6.54 Å². The summed E-state index contributed by atoms with van der Waals surface area (Å²) < 4.78 is 11.1. The van der Waals surface area contributed by atoms with Gasteiger partial charge in [0, 0.05) is 45.0 Å². The number of piperazine rings is 1. The van der Waals surface area contributed by atoms with Crippen LogP contribution in [0.1, 0.15) is 5.56 Å². The molecule has 3 heterocycles. The van der Waals surface area contributed by atoms with Crippen molar-refractivity contribution in [3.8, 4) is 11.6 Å². The van der Waals surface area contributed by atoms with Gasteiger partial charge in [0.25, 0.3) is 0 Å². The Morgan fingerprint density at radius 2 is 1.84 bits per heavy atom. The number of benzene rings is 2. The average Bonchev–Trinajstić information content (AvgIpc) is 3.23. The summed E-state index contributed by atoms with van der Waals surface area (Å²) in [7, 11) is 0. The molecule has 4 aromatic rings. The minimum atomic E-state index is -0.158. The summed E-state index contributed by atoms with van der Waals surface area (Å²) in [4.78, 5) is 21.0. The molecule has 8 heteroatoms. The number of rotatable bonds is 5. The van der Waals surface area contributed by atoms with E-state index in [1.165, 1.54) is 0 Å². The van der Waals surface area contributed by atoms with Gasteiger partial charge in [0.2, 0.25) is 5.88 Å². The number of pyridine rings is 1. The molecule has 5 rings (SSSR count). The monoisotopic (exact) mass is 429 g/mol. The molecular weight excluding hydrogens is 406 g/mol. The third kappa shape index (κ3) is 4.55. The van der Waals surface area contributed by atoms with Crippen molar-refractivity contribution >= 4 is 22.8 Å². The number of aromatic nitrogens is 2. The molecule has 1 N–H and O–H groups in total. The van der Waals surface area contributed by atoms with E-state index < -0.39 is 0 Å². The second-order valence-electron chi connectivity index (χ2n) is 7.64. The number of fused-ring (bicyclic) bond motifs is 1. The van der Waals surface area contributed by atoms with E-state index in [0.29, 0.717) is 30.4 Å². The Morgan fingerprint density at radius 1 is 1.00 bits per heavy atom. The van der Waals surface area contributed by atoms with E-state index in [2.05, 4.69) is 26.4 Å². The fourth-order valence-corrected chi connectivity index (χ4v) is 3.76. The van der Waals surface area contributed by atoms with Gasteiger partial charge in [0.1, 0.15) is 5.75 Å². The minimum absolute atomic E-state index is 0.158. The molecule has 1 fully saturated rings. The van der Waals surface area contributed by atoms with Gasteiger partial charge in [-0.2, -0.15) is 0 Å². The van der Waals surface area contributed by atoms with E-state index in [0.717, 1.165) is 36.3 Å². The summed E-state index contributed by atoms with van der Waals surface area (Å²) in [5.74, 6) is 1.79. The minimum Gasteiger partial charge on any atom is -0.439 e. The van der Waals surface area contributed by atoms with Crippen LogP contribution in [0.15, 0.2) is 77.4 Å². The Bertz CT molecular complexity index is 1200. The van der Waals surface area contributed by atoms with Crippen molar-refractivity contribution < 1.29 is 14.1 Å². The first kappa shape index (κ1) is 20.0. The van der Waals surface area contributed by atoms with Crippen molar-refractivity contribution in [2.24, 2.45) is 0 Å². The number of anilines is 1. The molecule has 162 valence electrons. The first-order valence-electron chi connectivity index (χ1n) is 10.6. The van der Waals surface area contributed by atoms with E-state index in [1.54, 1.807) is 11.1 Å². The average molecular weight is 429 g/mol. The first-order chi connectivity index (χ1) is 15.7. The van der Waals surface area contributed by atoms with E-state index in [1.807, 2.05) is 60.7 Å². The van der Waals surface area contributed by atoms with Crippen LogP contribution in [0.2, 0.25) is 0 Å². The first-order valence-corrected chi connectivity index (χ1v) is 10.6. The second kappa shape index (κ2) is 9.07. The molecule has 1 aliphatic heterocycles. The second-order valence-corrected chi connectivity index (χ2v) is 7.64. The maximum absolute atomic E-state index is 12.7. The van der Waals surface area contributed by atoms with E-state index in [-0.39, 0.29) is 6.03 Å². The van der Waals surface area contributed by atoms with E-state index in [9.17, 15) is 4.79 Å². The molecule has 32 heavy (non-hydrogen) atoms. The van der Waals surface area contributed by atoms with Crippen molar-refractivity contribution in [1.82, 2.24) is 19.9 Å². The standard InChI is InChI=1S/C24H23N5O3/c30-24(26-23-20-8-1-2-9-21(20)32-27-23)29-14-12-28(13-15-29)17-18-6-5-7-19(16-18)31-22-10-3-4-11-25-22/h1-11,16H,12-15,17H2,(H,26,27,30). The molecular formula is C24H23N5O3. The highest BCUT2D eigenvalue weighted by Crippen LogP contribution is 2.23. The van der Waals surface area contributed by atoms with Crippen LogP contribution in [0.4, 0.5) is 10.6 Å². The third-order valence-corrected chi connectivity index (χ3v) is 5.43. The highest BCUT2D eigenvalue weighted by atomic mass is 16.5. The highest BCUT2D eigenvalue weighted by Gasteiger charge is 2.22. The quantitative estimate of drug-likeness (QED) is 0.507. The van der Waals surface area contributed by atoms with Gasteiger partial charge in [0.05, 0.1) is 5.39 Å². The van der Waals surface area contributed by atoms with Gasteiger partial charge < -0.3 is 14.2 Å². The molecule has 8 nitrogen and oxygen atoms in total. The molecule has 0 spiro atoms. The number of carbonyl (C=O) groups is 1. The number of urea groups is 1. The summed E-state index contributed by atoms with van der Waals surface area (Å²) >= 11 is 0. The number of carbonyl (C=O) groups excluding carboxylic acids is 1. The number of ether oxygens (including phenoxy) is 1. The Morgan fingerprint density at radius 3 is 2.69 bits per heavy atom. The van der Waals surface area contributed by atoms with Crippen LogP contribution >= 0.6 is 0 Å². The smallest absolute Gasteiger partial charge is 0.323 e. The number of hydrogen-bond donors (Lipinski definition) is 1. The predicted octanol–water partition coefficient (Wildman–Crippen LogP) is 4.36. The lowest BCUT2D eigenvalue weighted by molar-refractivity contribution is 0.143. The lowest BCUT2D eigenvalue weighted by Crippen LogP contribution is -2.49. The van der Waals surface area contributed by atoms with Crippen LogP contribution < -0.4 is 10.1 Å². The summed E-state index contributed by atoms with van der Waals surface area (Å²) in [6.07, 6.45) is 1.71. The topological polar surface area (TPSA) is 83.7 Å². The molecule has 1 aliphatic rings. The largest absolute Gasteiger partial charge is 0.439 e. The lowest BCUT2D eigenvalue weighted by atomic mass is 10.2. The van der Waals surface area contributed by atoms with Gasteiger partial charge in [-0.25, -0.2) is 9.78 Å². The van der Waals surface area contributed by atoms with Crippen molar-refractivity contribution in [3.63, 3.8) is 0 Å². The maximum Gasteiger partial charge on any atom is 0.323 e. The van der Waals surface area contributed by atoms with Crippen LogP contribution in [0.25, 0.3) is 11.0 Å². The maximum atomic E-state index is 12.7. The molecule has 2 aromatic heterocycles. The molecule has 0 bridgehead atoms. The summed E-state index contributed by atoms with van der Waals surface area (Å²) in [5.41, 5.74) is 1.81. The Kier molecular flexibility index (Phi) is 5.67. The third-order valence-electron chi connectivity index (χ3n) is 5.43. The van der Waals surface area contributed by atoms with Crippen molar-refractivity contribution in [3.05, 3.63) is 78.5 Å². The van der Waals surface area contributed by atoms with E-state index >= 15 is 0 Å². The Labute approximate surface area is 185 Å². The number of amides is 2. The molecule has 2 amide bonds. The fraction of sp³-hybridized carbons (Fsp3) is 0.208. The highest BCUT2D eigenvalue weighted by molar-refractivity contribution is 5.98. The number of nitrogens with one attached hydrogen (secondary N) is 1. The van der Waals surface area contributed by atoms with Crippen LogP contribution in [0.3, 0.4) is 0 Å². The zero-order valence-electron chi connectivity index (χ0n) is 17.5. The molecule has 0 radical (unpaired) electrons. The fourth-order valence-electron chi connectivity index (χ4n) is 3.76. The predicted molar refractivity (Wildman–Crippen MR) is 121 cm³/mol. The molecule has 0 unspecified atom stereocenters. The lowest BCUT2D eigenvalue weighted by Gasteiger charge is -2.34. The van der Waals surface area contributed by atoms with Gasteiger partial charge in [0.15, 0.2) is 11.4 Å². The number of nitrogens with zero attached hydrogens (tertiary/aromatic N) is 4. The van der Waals surface area contributed by atoms with Crippen molar-refractivity contribution in [2.75, 3.05) is 31.5 Å². The van der Waals surface area contributed by atoms with Gasteiger partial charge in [-0.3, -0.25) is 10.2 Å².